The first kappa shape index (κ1) is 9.66. The normalized spacial score (nSPS) is 10.6. The molecule has 0 saturated heterocycles. The fourth-order valence-corrected chi connectivity index (χ4v) is 1.29. The number of nitrogens with two attached hydrogens (primary N) is 1. The van der Waals surface area contributed by atoms with Crippen molar-refractivity contribution in [2.75, 3.05) is 7.05 Å². The van der Waals surface area contributed by atoms with Crippen molar-refractivity contribution in [2.24, 2.45) is 10.8 Å². The monoisotopic (exact) mass is 198 g/mol. The Hall–Kier alpha value is -1.43. The molecule has 6 heteroatoms. The van der Waals surface area contributed by atoms with E-state index in [4.69, 9.17) is 5.73 Å². The largest absolute Gasteiger partial charge is 0.350 e. The minimum atomic E-state index is -0.585. The number of amides is 2. The molecule has 70 valence electrons. The van der Waals surface area contributed by atoms with E-state index in [9.17, 15) is 4.79 Å². The summed E-state index contributed by atoms with van der Waals surface area (Å²) >= 11 is 1.46. The maximum Gasteiger partial charge on any atom is 0.334 e. The fraction of sp³-hybridized carbons (Fsp3) is 0.286. The maximum absolute atomic E-state index is 10.6. The molecule has 0 unspecified atom stereocenters. The van der Waals surface area contributed by atoms with Gasteiger partial charge in [-0.25, -0.2) is 14.8 Å². The third-order valence-electron chi connectivity index (χ3n) is 1.45. The van der Waals surface area contributed by atoms with Gasteiger partial charge in [0.25, 0.3) is 0 Å². The molecule has 1 aromatic heterocycles. The highest BCUT2D eigenvalue weighted by Crippen LogP contribution is 2.08. The third kappa shape index (κ3) is 2.51. The summed E-state index contributed by atoms with van der Waals surface area (Å²) in [7, 11) is 1.50. The second-order valence-electron chi connectivity index (χ2n) is 2.41. The van der Waals surface area contributed by atoms with Gasteiger partial charge in [-0.3, -0.25) is 0 Å². The molecule has 13 heavy (non-hydrogen) atoms. The summed E-state index contributed by atoms with van der Waals surface area (Å²) in [6.07, 6.45) is 1.57. The van der Waals surface area contributed by atoms with Gasteiger partial charge >= 0.3 is 6.03 Å². The molecule has 0 aliphatic carbocycles. The van der Waals surface area contributed by atoms with Crippen molar-refractivity contribution in [2.45, 2.75) is 6.92 Å². The van der Waals surface area contributed by atoms with Crippen LogP contribution in [-0.2, 0) is 0 Å². The smallest absolute Gasteiger partial charge is 0.334 e. The Bertz CT molecular complexity index is 333. The molecule has 1 rings (SSSR count). The highest BCUT2D eigenvalue weighted by molar-refractivity contribution is 7.11. The number of hydrogen-bond donors (Lipinski definition) is 1. The Kier molecular flexibility index (Phi) is 2.97. The summed E-state index contributed by atoms with van der Waals surface area (Å²) in [5.41, 5.74) is 7.59. The minimum Gasteiger partial charge on any atom is -0.350 e. The van der Waals surface area contributed by atoms with Crippen LogP contribution < -0.4 is 5.73 Å². The average molecular weight is 198 g/mol. The summed E-state index contributed by atoms with van der Waals surface area (Å²) in [5, 5.41) is 4.90. The predicted molar refractivity (Wildman–Crippen MR) is 51.8 cm³/mol. The van der Waals surface area contributed by atoms with E-state index < -0.39 is 6.03 Å². The second-order valence-corrected chi connectivity index (χ2v) is 3.29. The van der Waals surface area contributed by atoms with Crippen molar-refractivity contribution in [3.63, 3.8) is 0 Å². The Morgan fingerprint density at radius 3 is 3.00 bits per heavy atom. The van der Waals surface area contributed by atoms with E-state index in [-0.39, 0.29) is 0 Å². The molecule has 0 bridgehead atoms. The molecular weight excluding hydrogens is 188 g/mol. The zero-order valence-corrected chi connectivity index (χ0v) is 8.21. The number of nitrogens with zero attached hydrogens (tertiary/aromatic N) is 3. The lowest BCUT2D eigenvalue weighted by molar-refractivity contribution is 0.220. The lowest BCUT2D eigenvalue weighted by atomic mass is 10.4. The summed E-state index contributed by atoms with van der Waals surface area (Å²) in [6, 6.07) is -0.585. The van der Waals surface area contributed by atoms with Gasteiger partial charge < -0.3 is 5.73 Å². The van der Waals surface area contributed by atoms with Gasteiger partial charge in [0.15, 0.2) is 0 Å². The van der Waals surface area contributed by atoms with E-state index in [1.807, 2.05) is 6.92 Å². The average Bonchev–Trinajstić information content (AvgIpc) is 2.47. The summed E-state index contributed by atoms with van der Waals surface area (Å²) < 4.78 is 0. The highest BCUT2D eigenvalue weighted by atomic mass is 32.1. The Labute approximate surface area is 79.9 Å². The van der Waals surface area contributed by atoms with Gasteiger partial charge in [0.1, 0.15) is 0 Å². The number of thiazole rings is 1. The quantitative estimate of drug-likeness (QED) is 0.564. The van der Waals surface area contributed by atoms with E-state index in [1.54, 1.807) is 11.7 Å². The van der Waals surface area contributed by atoms with Crippen LogP contribution in [0.25, 0.3) is 0 Å². The molecule has 0 fully saturated rings. The zero-order chi connectivity index (χ0) is 9.84. The van der Waals surface area contributed by atoms with Crippen molar-refractivity contribution < 1.29 is 4.79 Å². The molecule has 1 aromatic rings. The van der Waals surface area contributed by atoms with Crippen molar-refractivity contribution in [3.05, 3.63) is 16.1 Å². The lowest BCUT2D eigenvalue weighted by Gasteiger charge is -2.04. The molecule has 2 N–H and O–H groups in total. The Morgan fingerprint density at radius 1 is 1.85 bits per heavy atom. The number of hydrazone groups is 1. The number of aryl methyl sites for hydroxylation is 1. The van der Waals surface area contributed by atoms with Crippen LogP contribution in [-0.4, -0.2) is 29.3 Å². The van der Waals surface area contributed by atoms with Crippen LogP contribution >= 0.6 is 11.3 Å². The zero-order valence-electron chi connectivity index (χ0n) is 7.39. The number of carbonyl (C=O) groups is 1. The number of carbonyl (C=O) groups excluding carboxylic acids is 1. The molecule has 0 aliphatic rings. The van der Waals surface area contributed by atoms with Crippen molar-refractivity contribution in [1.82, 2.24) is 9.99 Å². The first-order valence-electron chi connectivity index (χ1n) is 3.58. The van der Waals surface area contributed by atoms with E-state index in [0.29, 0.717) is 0 Å². The van der Waals surface area contributed by atoms with Crippen LogP contribution in [0.15, 0.2) is 10.6 Å². The van der Waals surface area contributed by atoms with Gasteiger partial charge in [-0.15, -0.1) is 11.3 Å². The maximum atomic E-state index is 10.6. The van der Waals surface area contributed by atoms with Gasteiger partial charge in [0.05, 0.1) is 22.3 Å². The highest BCUT2D eigenvalue weighted by Gasteiger charge is 2.00. The van der Waals surface area contributed by atoms with Gasteiger partial charge in [0, 0.05) is 7.05 Å². The van der Waals surface area contributed by atoms with Crippen LogP contribution in [0.4, 0.5) is 4.79 Å². The molecule has 2 amide bonds. The molecular formula is C7H10N4OS. The summed E-state index contributed by atoms with van der Waals surface area (Å²) in [4.78, 5) is 15.5. The SMILES string of the molecule is Cc1ncsc1/C=N/N(C)C(N)=O. The molecule has 0 atom stereocenters. The lowest BCUT2D eigenvalue weighted by Crippen LogP contribution is -2.27. The van der Waals surface area contributed by atoms with Gasteiger partial charge in [-0.05, 0) is 6.92 Å². The van der Waals surface area contributed by atoms with Gasteiger partial charge in [-0.1, -0.05) is 0 Å². The van der Waals surface area contributed by atoms with E-state index in [0.717, 1.165) is 15.6 Å². The van der Waals surface area contributed by atoms with Crippen LogP contribution in [0.1, 0.15) is 10.6 Å². The molecule has 0 aromatic carbocycles. The summed E-state index contributed by atoms with van der Waals surface area (Å²) in [6.45, 7) is 1.88. The molecule has 0 spiro atoms. The standard InChI is InChI=1S/C7H10N4OS/c1-5-6(13-4-9-5)3-10-11(2)7(8)12/h3-4H,1-2H3,(H2,8,12)/b10-3+. The first-order chi connectivity index (χ1) is 6.11. The molecule has 0 saturated carbocycles. The van der Waals surface area contributed by atoms with Crippen molar-refractivity contribution in [3.8, 4) is 0 Å². The number of urea groups is 1. The van der Waals surface area contributed by atoms with Gasteiger partial charge in [0.2, 0.25) is 0 Å². The summed E-state index contributed by atoms with van der Waals surface area (Å²) in [5.74, 6) is 0. The third-order valence-corrected chi connectivity index (χ3v) is 2.32. The molecule has 0 radical (unpaired) electrons. The number of hydrogen-bond acceptors (Lipinski definition) is 4. The van der Waals surface area contributed by atoms with Crippen LogP contribution in [0, 0.1) is 6.92 Å². The van der Waals surface area contributed by atoms with Crippen LogP contribution in [0.5, 0.6) is 0 Å². The Morgan fingerprint density at radius 2 is 2.54 bits per heavy atom. The van der Waals surface area contributed by atoms with Crippen molar-refractivity contribution in [1.29, 1.82) is 0 Å². The fourth-order valence-electron chi connectivity index (χ4n) is 0.631. The van der Waals surface area contributed by atoms with Crippen LogP contribution in [0.2, 0.25) is 0 Å². The topological polar surface area (TPSA) is 71.6 Å². The predicted octanol–water partition coefficient (Wildman–Crippen LogP) is 0.796. The second kappa shape index (κ2) is 3.99. The number of rotatable bonds is 2. The van der Waals surface area contributed by atoms with Crippen LogP contribution in [0.3, 0.4) is 0 Å². The first-order valence-corrected chi connectivity index (χ1v) is 4.46. The van der Waals surface area contributed by atoms with E-state index in [1.165, 1.54) is 18.4 Å². The van der Waals surface area contributed by atoms with E-state index >= 15 is 0 Å². The Balaban J connectivity index is 2.69. The van der Waals surface area contributed by atoms with Gasteiger partial charge in [-0.2, -0.15) is 5.10 Å². The number of primary amides is 1. The van der Waals surface area contributed by atoms with E-state index in [2.05, 4.69) is 10.1 Å². The molecule has 1 heterocycles. The number of aromatic nitrogens is 1. The molecule has 5 nitrogen and oxygen atoms in total. The van der Waals surface area contributed by atoms with Crippen molar-refractivity contribution >= 4 is 23.6 Å². The minimum absolute atomic E-state index is 0.585. The molecule has 0 aliphatic heterocycles.